The molecule has 2 bridgehead atoms. The van der Waals surface area contributed by atoms with E-state index in [2.05, 4.69) is 6.58 Å². The van der Waals surface area contributed by atoms with Crippen LogP contribution in [0.1, 0.15) is 18.9 Å². The summed E-state index contributed by atoms with van der Waals surface area (Å²) in [6.45, 7) is 7.91. The topological polar surface area (TPSA) is 66.8 Å². The minimum Gasteiger partial charge on any atom is -0.481 e. The first-order valence-corrected chi connectivity index (χ1v) is 8.49. The van der Waals surface area contributed by atoms with Gasteiger partial charge in [-0.15, -0.1) is 6.58 Å². The number of hydrogen-bond donors (Lipinski definition) is 1. The van der Waals surface area contributed by atoms with Crippen molar-refractivity contribution in [3.63, 3.8) is 0 Å². The summed E-state index contributed by atoms with van der Waals surface area (Å²) >= 11 is 0. The van der Waals surface area contributed by atoms with Gasteiger partial charge in [-0.3, -0.25) is 9.59 Å². The highest BCUT2D eigenvalue weighted by Crippen LogP contribution is 2.56. The second kappa shape index (κ2) is 5.30. The van der Waals surface area contributed by atoms with E-state index >= 15 is 0 Å². The van der Waals surface area contributed by atoms with Crippen molar-refractivity contribution in [2.75, 3.05) is 4.90 Å². The van der Waals surface area contributed by atoms with Gasteiger partial charge >= 0.3 is 5.97 Å². The summed E-state index contributed by atoms with van der Waals surface area (Å²) in [6, 6.07) is 7.44. The fourth-order valence-electron chi connectivity index (χ4n) is 4.53. The Balaban J connectivity index is 1.84. The number of nitrogens with zero attached hydrogens (tertiary/aromatic N) is 1. The summed E-state index contributed by atoms with van der Waals surface area (Å²) in [5, 5.41) is 9.66. The number of ether oxygens (including phenoxy) is 1. The number of aliphatic carboxylic acids is 1. The monoisotopic (exact) mass is 339 g/mol. The number of carboxylic acid groups (broad SMARTS) is 1. The summed E-state index contributed by atoms with van der Waals surface area (Å²) in [6.07, 6.45) is 3.74. The van der Waals surface area contributed by atoms with Crippen LogP contribution in [0.25, 0.3) is 0 Å². The minimum absolute atomic E-state index is 0.172. The van der Waals surface area contributed by atoms with Crippen LogP contribution in [0.5, 0.6) is 0 Å². The van der Waals surface area contributed by atoms with Crippen LogP contribution < -0.4 is 4.90 Å². The summed E-state index contributed by atoms with van der Waals surface area (Å²) < 4.78 is 6.12. The maximum Gasteiger partial charge on any atom is 0.310 e. The lowest BCUT2D eigenvalue weighted by atomic mass is 9.74. The van der Waals surface area contributed by atoms with Gasteiger partial charge in [0.15, 0.2) is 0 Å². The number of amides is 1. The molecule has 3 aliphatic heterocycles. The number of aryl methyl sites for hydroxylation is 1. The lowest BCUT2D eigenvalue weighted by Crippen LogP contribution is -2.45. The molecule has 1 N–H and O–H groups in total. The molecule has 1 spiro atoms. The van der Waals surface area contributed by atoms with Gasteiger partial charge in [0.2, 0.25) is 5.91 Å². The zero-order valence-corrected chi connectivity index (χ0v) is 14.3. The molecule has 2 fully saturated rings. The molecule has 1 amide bonds. The molecule has 3 heterocycles. The largest absolute Gasteiger partial charge is 0.481 e. The third kappa shape index (κ3) is 2.12. The van der Waals surface area contributed by atoms with Crippen LogP contribution >= 0.6 is 0 Å². The van der Waals surface area contributed by atoms with E-state index in [0.29, 0.717) is 6.42 Å². The number of carbonyl (C=O) groups excluding carboxylic acids is 1. The Kier molecular flexibility index (Phi) is 3.41. The highest BCUT2D eigenvalue weighted by molar-refractivity contribution is 6.03. The molecule has 0 aromatic heterocycles. The Bertz CT molecular complexity index is 796. The van der Waals surface area contributed by atoms with Crippen molar-refractivity contribution in [2.24, 2.45) is 11.8 Å². The van der Waals surface area contributed by atoms with Gasteiger partial charge < -0.3 is 14.7 Å². The number of carboxylic acids is 1. The fourth-order valence-corrected chi connectivity index (χ4v) is 4.53. The number of hydrogen-bond acceptors (Lipinski definition) is 3. The third-order valence-corrected chi connectivity index (χ3v) is 5.56. The van der Waals surface area contributed by atoms with E-state index in [1.165, 1.54) is 0 Å². The normalized spacial score (nSPS) is 35.3. The second-order valence-electron chi connectivity index (χ2n) is 7.36. The number of carbonyl (C=O) groups is 2. The lowest BCUT2D eigenvalue weighted by molar-refractivity contribution is -0.146. The summed E-state index contributed by atoms with van der Waals surface area (Å²) in [7, 11) is 0. The van der Waals surface area contributed by atoms with Crippen molar-refractivity contribution < 1.29 is 19.4 Å². The maximum atomic E-state index is 13.3. The Morgan fingerprint density at radius 2 is 2.04 bits per heavy atom. The van der Waals surface area contributed by atoms with E-state index in [4.69, 9.17) is 4.74 Å². The summed E-state index contributed by atoms with van der Waals surface area (Å²) in [4.78, 5) is 26.8. The Morgan fingerprint density at radius 3 is 2.64 bits per heavy atom. The van der Waals surface area contributed by atoms with Gasteiger partial charge in [-0.1, -0.05) is 35.4 Å². The highest BCUT2D eigenvalue weighted by atomic mass is 16.5. The third-order valence-electron chi connectivity index (χ3n) is 5.56. The average molecular weight is 339 g/mol. The first kappa shape index (κ1) is 16.1. The van der Waals surface area contributed by atoms with Gasteiger partial charge in [-0.25, -0.2) is 0 Å². The molecule has 0 aliphatic carbocycles. The van der Waals surface area contributed by atoms with E-state index < -0.39 is 29.5 Å². The summed E-state index contributed by atoms with van der Waals surface area (Å²) in [5.74, 6) is -2.67. The second-order valence-corrected chi connectivity index (χ2v) is 7.36. The minimum atomic E-state index is -0.977. The standard InChI is InChI=1S/C20H21NO4/c1-11(2)10-15-20-9-8-14(25-20)16(19(23)24)17(20)18(22)21(15)13-6-4-12(3)5-7-13/h4-9,14-17H,1,10H2,2-3H3,(H,23,24)/t14-,15-,16+,17+,20-/m0/s1. The van der Waals surface area contributed by atoms with Crippen LogP contribution in [-0.2, 0) is 14.3 Å². The van der Waals surface area contributed by atoms with Crippen molar-refractivity contribution in [3.8, 4) is 0 Å². The van der Waals surface area contributed by atoms with E-state index in [9.17, 15) is 14.7 Å². The Hall–Kier alpha value is -2.40. The van der Waals surface area contributed by atoms with Crippen LogP contribution in [0, 0.1) is 18.8 Å². The van der Waals surface area contributed by atoms with Crippen LogP contribution in [0.15, 0.2) is 48.6 Å². The quantitative estimate of drug-likeness (QED) is 0.857. The highest BCUT2D eigenvalue weighted by Gasteiger charge is 2.71. The molecular weight excluding hydrogens is 318 g/mol. The molecule has 4 rings (SSSR count). The maximum absolute atomic E-state index is 13.3. The first-order valence-electron chi connectivity index (χ1n) is 8.49. The molecule has 25 heavy (non-hydrogen) atoms. The number of anilines is 1. The lowest BCUT2D eigenvalue weighted by Gasteiger charge is -2.33. The molecule has 3 aliphatic rings. The van der Waals surface area contributed by atoms with Crippen LogP contribution in [0.2, 0.25) is 0 Å². The molecule has 1 aromatic carbocycles. The van der Waals surface area contributed by atoms with Crippen molar-refractivity contribution in [2.45, 2.75) is 38.0 Å². The van der Waals surface area contributed by atoms with Crippen LogP contribution in [0.4, 0.5) is 5.69 Å². The zero-order valence-electron chi connectivity index (χ0n) is 14.3. The molecule has 1 aromatic rings. The molecule has 5 atom stereocenters. The number of fused-ring (bicyclic) bond motifs is 1. The van der Waals surface area contributed by atoms with E-state index in [-0.39, 0.29) is 11.9 Å². The number of benzene rings is 1. The van der Waals surface area contributed by atoms with E-state index in [1.807, 2.05) is 44.2 Å². The van der Waals surface area contributed by atoms with Gasteiger partial charge in [0.25, 0.3) is 0 Å². The van der Waals surface area contributed by atoms with Gasteiger partial charge in [0, 0.05) is 5.69 Å². The van der Waals surface area contributed by atoms with Gasteiger partial charge in [-0.2, -0.15) is 0 Å². The molecule has 0 radical (unpaired) electrons. The SMILES string of the molecule is C=C(C)C[C@@H]1N(c2ccc(C)cc2)C(=O)[C@H]2[C@H](C(=O)O)[C@@H]3C=C[C@]12O3. The van der Waals surface area contributed by atoms with Crippen molar-refractivity contribution >= 4 is 17.6 Å². The van der Waals surface area contributed by atoms with Crippen LogP contribution in [-0.4, -0.2) is 34.7 Å². The molecule has 0 unspecified atom stereocenters. The molecule has 5 nitrogen and oxygen atoms in total. The van der Waals surface area contributed by atoms with E-state index in [1.54, 1.807) is 11.0 Å². The zero-order chi connectivity index (χ0) is 17.9. The van der Waals surface area contributed by atoms with E-state index in [0.717, 1.165) is 16.8 Å². The van der Waals surface area contributed by atoms with Gasteiger partial charge in [0.05, 0.1) is 18.1 Å². The first-order chi connectivity index (χ1) is 11.8. The smallest absolute Gasteiger partial charge is 0.310 e. The molecule has 130 valence electrons. The Labute approximate surface area is 146 Å². The van der Waals surface area contributed by atoms with Crippen LogP contribution in [0.3, 0.4) is 0 Å². The number of rotatable bonds is 4. The molecule has 2 saturated heterocycles. The predicted octanol–water partition coefficient (Wildman–Crippen LogP) is 2.70. The molecular formula is C20H21NO4. The van der Waals surface area contributed by atoms with Gasteiger partial charge in [0.1, 0.15) is 11.5 Å². The molecule has 0 saturated carbocycles. The van der Waals surface area contributed by atoms with Crippen molar-refractivity contribution in [1.29, 1.82) is 0 Å². The Morgan fingerprint density at radius 1 is 1.36 bits per heavy atom. The summed E-state index contributed by atoms with van der Waals surface area (Å²) in [5.41, 5.74) is 1.93. The van der Waals surface area contributed by atoms with Crippen molar-refractivity contribution in [3.05, 3.63) is 54.1 Å². The van der Waals surface area contributed by atoms with Crippen molar-refractivity contribution in [1.82, 2.24) is 0 Å². The fraction of sp³-hybridized carbons (Fsp3) is 0.400. The predicted molar refractivity (Wildman–Crippen MR) is 93.2 cm³/mol. The van der Waals surface area contributed by atoms with Gasteiger partial charge in [-0.05, 0) is 32.4 Å². The molecule has 5 heteroatoms. The average Bonchev–Trinajstić information content (AvgIpc) is 3.18.